The number of para-hydroxylation sites is 1. The van der Waals surface area contributed by atoms with Crippen LogP contribution in [0.5, 0.6) is 0 Å². The maximum atomic E-state index is 11.1. The Morgan fingerprint density at radius 3 is 3.00 bits per heavy atom. The monoisotopic (exact) mass is 241 g/mol. The lowest BCUT2D eigenvalue weighted by Crippen LogP contribution is -2.16. The van der Waals surface area contributed by atoms with E-state index in [1.54, 1.807) is 0 Å². The van der Waals surface area contributed by atoms with Gasteiger partial charge in [0.1, 0.15) is 12.6 Å². The standard InChI is InChI=1S/C13H11N3O2/c1-18-12(17)8-16-13-9(6-14)7-15-11-5-3-2-4-10(11)13/h2-5,7H,8H2,1H3,(H,15,16). The Morgan fingerprint density at radius 1 is 1.50 bits per heavy atom. The van der Waals surface area contributed by atoms with Crippen molar-refractivity contribution in [1.29, 1.82) is 5.26 Å². The second-order valence-electron chi connectivity index (χ2n) is 3.61. The molecule has 2 rings (SSSR count). The van der Waals surface area contributed by atoms with Gasteiger partial charge in [-0.15, -0.1) is 0 Å². The highest BCUT2D eigenvalue weighted by Crippen LogP contribution is 2.24. The van der Waals surface area contributed by atoms with Crippen molar-refractivity contribution in [3.8, 4) is 6.07 Å². The first-order valence-corrected chi connectivity index (χ1v) is 5.35. The molecule has 0 fully saturated rings. The fourth-order valence-electron chi connectivity index (χ4n) is 1.65. The van der Waals surface area contributed by atoms with E-state index in [9.17, 15) is 4.79 Å². The van der Waals surface area contributed by atoms with E-state index in [4.69, 9.17) is 5.26 Å². The molecule has 18 heavy (non-hydrogen) atoms. The van der Waals surface area contributed by atoms with Gasteiger partial charge in [-0.1, -0.05) is 18.2 Å². The van der Waals surface area contributed by atoms with Crippen LogP contribution in [0.2, 0.25) is 0 Å². The summed E-state index contributed by atoms with van der Waals surface area (Å²) in [6.07, 6.45) is 1.49. The molecule has 0 atom stereocenters. The van der Waals surface area contributed by atoms with Gasteiger partial charge in [-0.3, -0.25) is 9.78 Å². The van der Waals surface area contributed by atoms with Gasteiger partial charge in [-0.05, 0) is 6.07 Å². The number of methoxy groups -OCH3 is 1. The largest absolute Gasteiger partial charge is 0.468 e. The Morgan fingerprint density at radius 2 is 2.28 bits per heavy atom. The van der Waals surface area contributed by atoms with E-state index in [2.05, 4.69) is 21.1 Å². The highest BCUT2D eigenvalue weighted by atomic mass is 16.5. The van der Waals surface area contributed by atoms with E-state index in [1.165, 1.54) is 13.3 Å². The summed E-state index contributed by atoms with van der Waals surface area (Å²) in [6.45, 7) is 0.0131. The van der Waals surface area contributed by atoms with Crippen LogP contribution in [0, 0.1) is 11.3 Å². The van der Waals surface area contributed by atoms with Gasteiger partial charge in [0.2, 0.25) is 0 Å². The fraction of sp³-hybridized carbons (Fsp3) is 0.154. The number of fused-ring (bicyclic) bond motifs is 1. The quantitative estimate of drug-likeness (QED) is 0.827. The zero-order valence-corrected chi connectivity index (χ0v) is 9.80. The van der Waals surface area contributed by atoms with Gasteiger partial charge < -0.3 is 10.1 Å². The van der Waals surface area contributed by atoms with Gasteiger partial charge in [0.15, 0.2) is 0 Å². The third kappa shape index (κ3) is 2.23. The molecule has 0 aliphatic rings. The molecule has 0 saturated carbocycles. The first-order valence-electron chi connectivity index (χ1n) is 5.35. The SMILES string of the molecule is COC(=O)CNc1c(C#N)cnc2ccccc12. The number of hydrogen-bond acceptors (Lipinski definition) is 5. The Labute approximate surface area is 104 Å². The van der Waals surface area contributed by atoms with Crippen molar-refractivity contribution in [2.75, 3.05) is 19.0 Å². The Balaban J connectivity index is 2.45. The van der Waals surface area contributed by atoms with E-state index in [0.29, 0.717) is 11.3 Å². The highest BCUT2D eigenvalue weighted by Gasteiger charge is 2.09. The summed E-state index contributed by atoms with van der Waals surface area (Å²) >= 11 is 0. The molecule has 0 unspecified atom stereocenters. The number of anilines is 1. The summed E-state index contributed by atoms with van der Waals surface area (Å²) in [4.78, 5) is 15.3. The maximum Gasteiger partial charge on any atom is 0.325 e. The summed E-state index contributed by atoms with van der Waals surface area (Å²) in [5.41, 5.74) is 1.77. The van der Waals surface area contributed by atoms with Crippen LogP contribution in [-0.2, 0) is 9.53 Å². The molecule has 0 saturated heterocycles. The maximum absolute atomic E-state index is 11.1. The minimum absolute atomic E-state index is 0.0131. The number of esters is 1. The average molecular weight is 241 g/mol. The molecular formula is C13H11N3O2. The molecule has 0 aliphatic heterocycles. The predicted molar refractivity (Wildman–Crippen MR) is 67.0 cm³/mol. The number of carbonyl (C=O) groups is 1. The van der Waals surface area contributed by atoms with E-state index in [-0.39, 0.29) is 12.5 Å². The molecule has 5 nitrogen and oxygen atoms in total. The molecule has 1 N–H and O–H groups in total. The summed E-state index contributed by atoms with van der Waals surface area (Å²) in [5.74, 6) is -0.389. The zero-order valence-electron chi connectivity index (χ0n) is 9.80. The van der Waals surface area contributed by atoms with Gasteiger partial charge in [-0.25, -0.2) is 0 Å². The number of nitriles is 1. The van der Waals surface area contributed by atoms with Crippen LogP contribution in [0.4, 0.5) is 5.69 Å². The Kier molecular flexibility index (Phi) is 3.39. The molecular weight excluding hydrogens is 230 g/mol. The van der Waals surface area contributed by atoms with Crippen molar-refractivity contribution in [1.82, 2.24) is 4.98 Å². The van der Waals surface area contributed by atoms with Gasteiger partial charge >= 0.3 is 5.97 Å². The minimum atomic E-state index is -0.389. The lowest BCUT2D eigenvalue weighted by atomic mass is 10.1. The normalized spacial score (nSPS) is 9.78. The van der Waals surface area contributed by atoms with Crippen molar-refractivity contribution in [3.05, 3.63) is 36.0 Å². The molecule has 1 heterocycles. The van der Waals surface area contributed by atoms with Crippen LogP contribution >= 0.6 is 0 Å². The second kappa shape index (κ2) is 5.15. The third-order valence-corrected chi connectivity index (χ3v) is 2.53. The van der Waals surface area contributed by atoms with Crippen molar-refractivity contribution >= 4 is 22.6 Å². The highest BCUT2D eigenvalue weighted by molar-refractivity contribution is 5.94. The predicted octanol–water partition coefficient (Wildman–Crippen LogP) is 1.69. The van der Waals surface area contributed by atoms with Crippen LogP contribution in [0.25, 0.3) is 10.9 Å². The molecule has 0 bridgehead atoms. The van der Waals surface area contributed by atoms with Gasteiger partial charge in [0, 0.05) is 11.6 Å². The number of nitrogens with zero attached hydrogens (tertiary/aromatic N) is 2. The van der Waals surface area contributed by atoms with Crippen molar-refractivity contribution < 1.29 is 9.53 Å². The second-order valence-corrected chi connectivity index (χ2v) is 3.61. The minimum Gasteiger partial charge on any atom is -0.468 e. The lowest BCUT2D eigenvalue weighted by molar-refractivity contribution is -0.138. The van der Waals surface area contributed by atoms with Crippen LogP contribution in [0.3, 0.4) is 0 Å². The van der Waals surface area contributed by atoms with Crippen LogP contribution in [0.15, 0.2) is 30.5 Å². The fourth-order valence-corrected chi connectivity index (χ4v) is 1.65. The Bertz CT molecular complexity index is 632. The van der Waals surface area contributed by atoms with E-state index in [0.717, 1.165) is 10.9 Å². The Hall–Kier alpha value is -2.61. The van der Waals surface area contributed by atoms with E-state index in [1.807, 2.05) is 24.3 Å². The first kappa shape index (κ1) is 11.9. The average Bonchev–Trinajstić information content (AvgIpc) is 2.44. The van der Waals surface area contributed by atoms with Gasteiger partial charge in [0.05, 0.1) is 23.9 Å². The lowest BCUT2D eigenvalue weighted by Gasteiger charge is -2.09. The number of carbonyl (C=O) groups excluding carboxylic acids is 1. The van der Waals surface area contributed by atoms with Crippen LogP contribution in [-0.4, -0.2) is 24.6 Å². The smallest absolute Gasteiger partial charge is 0.325 e. The molecule has 90 valence electrons. The number of rotatable bonds is 3. The van der Waals surface area contributed by atoms with Crippen molar-refractivity contribution in [2.24, 2.45) is 0 Å². The summed E-state index contributed by atoms with van der Waals surface area (Å²) in [6, 6.07) is 9.47. The number of ether oxygens (including phenoxy) is 1. The summed E-state index contributed by atoms with van der Waals surface area (Å²) in [7, 11) is 1.32. The number of nitrogens with one attached hydrogen (secondary N) is 1. The number of benzene rings is 1. The molecule has 1 aromatic carbocycles. The van der Waals surface area contributed by atoms with Crippen molar-refractivity contribution in [2.45, 2.75) is 0 Å². The van der Waals surface area contributed by atoms with Crippen molar-refractivity contribution in [3.63, 3.8) is 0 Å². The zero-order chi connectivity index (χ0) is 13.0. The van der Waals surface area contributed by atoms with Crippen LogP contribution in [0.1, 0.15) is 5.56 Å². The topological polar surface area (TPSA) is 75.0 Å². The molecule has 0 radical (unpaired) electrons. The van der Waals surface area contributed by atoms with E-state index >= 15 is 0 Å². The number of aromatic nitrogens is 1. The first-order chi connectivity index (χ1) is 8.76. The van der Waals surface area contributed by atoms with E-state index < -0.39 is 0 Å². The molecule has 0 amide bonds. The third-order valence-electron chi connectivity index (χ3n) is 2.53. The number of pyridine rings is 1. The molecule has 5 heteroatoms. The summed E-state index contributed by atoms with van der Waals surface area (Å²) in [5, 5.41) is 12.8. The molecule has 2 aromatic rings. The summed E-state index contributed by atoms with van der Waals surface area (Å²) < 4.78 is 4.56. The van der Waals surface area contributed by atoms with Gasteiger partial charge in [0.25, 0.3) is 0 Å². The van der Waals surface area contributed by atoms with Crippen LogP contribution < -0.4 is 5.32 Å². The molecule has 0 aliphatic carbocycles. The van der Waals surface area contributed by atoms with Gasteiger partial charge in [-0.2, -0.15) is 5.26 Å². The number of hydrogen-bond donors (Lipinski definition) is 1. The molecule has 0 spiro atoms. The molecule has 1 aromatic heterocycles.